The number of fused-ring (bicyclic) bond motifs is 1. The fourth-order valence-corrected chi connectivity index (χ4v) is 1.91. The van der Waals surface area contributed by atoms with Crippen molar-refractivity contribution >= 4 is 5.97 Å². The number of carboxylic acids is 1. The first-order valence-corrected chi connectivity index (χ1v) is 5.07. The van der Waals surface area contributed by atoms with Gasteiger partial charge >= 0.3 is 5.97 Å². The lowest BCUT2D eigenvalue weighted by molar-refractivity contribution is -0.145. The van der Waals surface area contributed by atoms with Crippen LogP contribution in [0, 0.1) is 12.8 Å². The normalized spacial score (nSPS) is 24.1. The third kappa shape index (κ3) is 1.82. The van der Waals surface area contributed by atoms with E-state index in [1.54, 1.807) is 0 Å². The number of rotatable bonds is 1. The highest BCUT2D eigenvalue weighted by atomic mass is 16.5. The van der Waals surface area contributed by atoms with Crippen LogP contribution in [0.15, 0.2) is 18.2 Å². The Balaban J connectivity index is 2.33. The molecule has 0 saturated heterocycles. The van der Waals surface area contributed by atoms with E-state index in [1.165, 1.54) is 0 Å². The summed E-state index contributed by atoms with van der Waals surface area (Å²) in [5, 5.41) is 9.01. The third-order valence-corrected chi connectivity index (χ3v) is 2.86. The molecule has 3 nitrogen and oxygen atoms in total. The van der Waals surface area contributed by atoms with Crippen LogP contribution in [0.5, 0.6) is 5.75 Å². The van der Waals surface area contributed by atoms with E-state index >= 15 is 0 Å². The quantitative estimate of drug-likeness (QED) is 0.764. The van der Waals surface area contributed by atoms with E-state index in [-0.39, 0.29) is 6.10 Å². The molecule has 0 amide bonds. The highest BCUT2D eigenvalue weighted by Crippen LogP contribution is 2.31. The molecular formula is C12H14O3. The van der Waals surface area contributed by atoms with Crippen LogP contribution in [0.1, 0.15) is 18.1 Å². The van der Waals surface area contributed by atoms with Crippen LogP contribution < -0.4 is 4.74 Å². The predicted molar refractivity (Wildman–Crippen MR) is 56.1 cm³/mol. The minimum atomic E-state index is -0.784. The van der Waals surface area contributed by atoms with Crippen molar-refractivity contribution in [3.63, 3.8) is 0 Å². The highest BCUT2D eigenvalue weighted by Gasteiger charge is 2.31. The van der Waals surface area contributed by atoms with E-state index in [0.29, 0.717) is 6.42 Å². The Hall–Kier alpha value is -1.51. The van der Waals surface area contributed by atoms with Gasteiger partial charge in [0.15, 0.2) is 0 Å². The Morgan fingerprint density at radius 2 is 2.27 bits per heavy atom. The standard InChI is InChI=1S/C12H14O3/c1-7-3-4-9-6-10(12(13)14)8(2)15-11(9)5-7/h3-5,8,10H,6H2,1-2H3,(H,13,14). The van der Waals surface area contributed by atoms with Crippen LogP contribution in [0.2, 0.25) is 0 Å². The van der Waals surface area contributed by atoms with Gasteiger partial charge in [0.2, 0.25) is 0 Å². The molecule has 1 N–H and O–H groups in total. The molecule has 3 heteroatoms. The fraction of sp³-hybridized carbons (Fsp3) is 0.417. The maximum atomic E-state index is 11.0. The highest BCUT2D eigenvalue weighted by molar-refractivity contribution is 5.72. The fourth-order valence-electron chi connectivity index (χ4n) is 1.91. The first kappa shape index (κ1) is 10.0. The summed E-state index contributed by atoms with van der Waals surface area (Å²) < 4.78 is 5.61. The SMILES string of the molecule is Cc1ccc2c(c1)OC(C)C(C(=O)O)C2. The Bertz CT molecular complexity index is 398. The molecule has 1 aliphatic heterocycles. The van der Waals surface area contributed by atoms with Gasteiger partial charge < -0.3 is 9.84 Å². The number of hydrogen-bond acceptors (Lipinski definition) is 2. The number of hydrogen-bond donors (Lipinski definition) is 1. The van der Waals surface area contributed by atoms with Gasteiger partial charge in [0, 0.05) is 0 Å². The number of ether oxygens (including phenoxy) is 1. The zero-order valence-corrected chi connectivity index (χ0v) is 8.86. The van der Waals surface area contributed by atoms with E-state index in [1.807, 2.05) is 32.0 Å². The lowest BCUT2D eigenvalue weighted by Gasteiger charge is -2.28. The first-order valence-electron chi connectivity index (χ1n) is 5.07. The van der Waals surface area contributed by atoms with Crippen LogP contribution in [0.3, 0.4) is 0 Å². The van der Waals surface area contributed by atoms with E-state index in [4.69, 9.17) is 9.84 Å². The Labute approximate surface area is 88.7 Å². The lowest BCUT2D eigenvalue weighted by atomic mass is 9.91. The van der Waals surface area contributed by atoms with Crippen molar-refractivity contribution in [2.24, 2.45) is 5.92 Å². The van der Waals surface area contributed by atoms with Crippen LogP contribution >= 0.6 is 0 Å². The number of carbonyl (C=O) groups is 1. The van der Waals surface area contributed by atoms with Crippen molar-refractivity contribution in [2.75, 3.05) is 0 Å². The summed E-state index contributed by atoms with van der Waals surface area (Å²) in [4.78, 5) is 11.0. The molecule has 0 aromatic heterocycles. The summed E-state index contributed by atoms with van der Waals surface area (Å²) in [6.07, 6.45) is 0.309. The van der Waals surface area contributed by atoms with Gasteiger partial charge in [-0.25, -0.2) is 0 Å². The summed E-state index contributed by atoms with van der Waals surface area (Å²) in [7, 11) is 0. The molecule has 0 fully saturated rings. The van der Waals surface area contributed by atoms with Crippen molar-refractivity contribution in [3.05, 3.63) is 29.3 Å². The summed E-state index contributed by atoms with van der Waals surface area (Å²) in [6.45, 7) is 3.81. The molecule has 1 aromatic carbocycles. The van der Waals surface area contributed by atoms with E-state index in [2.05, 4.69) is 0 Å². The van der Waals surface area contributed by atoms with Gasteiger partial charge in [0.05, 0.1) is 5.92 Å². The van der Waals surface area contributed by atoms with Gasteiger partial charge in [0.1, 0.15) is 11.9 Å². The predicted octanol–water partition coefficient (Wildman–Crippen LogP) is 2.02. The minimum Gasteiger partial charge on any atom is -0.490 e. The maximum absolute atomic E-state index is 11.0. The molecule has 1 heterocycles. The van der Waals surface area contributed by atoms with Gasteiger partial charge in [-0.05, 0) is 37.5 Å². The molecule has 0 spiro atoms. The van der Waals surface area contributed by atoms with Crippen molar-refractivity contribution < 1.29 is 14.6 Å². The van der Waals surface area contributed by atoms with Crippen LogP contribution in [0.4, 0.5) is 0 Å². The smallest absolute Gasteiger partial charge is 0.310 e. The van der Waals surface area contributed by atoms with Gasteiger partial charge in [-0.3, -0.25) is 4.79 Å². The molecule has 0 saturated carbocycles. The first-order chi connectivity index (χ1) is 7.08. The average molecular weight is 206 g/mol. The van der Waals surface area contributed by atoms with Crippen LogP contribution in [-0.4, -0.2) is 17.2 Å². The van der Waals surface area contributed by atoms with E-state index in [9.17, 15) is 4.79 Å². The van der Waals surface area contributed by atoms with E-state index in [0.717, 1.165) is 16.9 Å². The Morgan fingerprint density at radius 3 is 2.93 bits per heavy atom. The molecule has 1 aliphatic rings. The van der Waals surface area contributed by atoms with Crippen molar-refractivity contribution in [1.29, 1.82) is 0 Å². The van der Waals surface area contributed by atoms with E-state index < -0.39 is 11.9 Å². The van der Waals surface area contributed by atoms with Gasteiger partial charge in [-0.2, -0.15) is 0 Å². The molecule has 15 heavy (non-hydrogen) atoms. The number of benzene rings is 1. The number of aryl methyl sites for hydroxylation is 1. The van der Waals surface area contributed by atoms with Crippen LogP contribution in [0.25, 0.3) is 0 Å². The molecule has 2 atom stereocenters. The van der Waals surface area contributed by atoms with Gasteiger partial charge in [0.25, 0.3) is 0 Å². The molecule has 0 bridgehead atoms. The van der Waals surface area contributed by atoms with Gasteiger partial charge in [-0.1, -0.05) is 12.1 Å². The second-order valence-electron chi connectivity index (χ2n) is 4.08. The molecule has 0 radical (unpaired) electrons. The summed E-state index contributed by atoms with van der Waals surface area (Å²) in [6, 6.07) is 5.90. The van der Waals surface area contributed by atoms with Crippen molar-refractivity contribution in [2.45, 2.75) is 26.4 Å². The summed E-state index contributed by atoms with van der Waals surface area (Å²) in [5.74, 6) is -0.381. The zero-order chi connectivity index (χ0) is 11.0. The van der Waals surface area contributed by atoms with Crippen molar-refractivity contribution in [1.82, 2.24) is 0 Å². The van der Waals surface area contributed by atoms with Crippen LogP contribution in [-0.2, 0) is 11.2 Å². The molecule has 80 valence electrons. The molecule has 0 aliphatic carbocycles. The minimum absolute atomic E-state index is 0.253. The monoisotopic (exact) mass is 206 g/mol. The summed E-state index contributed by atoms with van der Waals surface area (Å²) >= 11 is 0. The Kier molecular flexibility index (Phi) is 2.39. The third-order valence-electron chi connectivity index (χ3n) is 2.86. The molecule has 2 rings (SSSR count). The Morgan fingerprint density at radius 1 is 1.53 bits per heavy atom. The second-order valence-corrected chi connectivity index (χ2v) is 4.08. The number of aliphatic carboxylic acids is 1. The maximum Gasteiger partial charge on any atom is 0.310 e. The zero-order valence-electron chi connectivity index (χ0n) is 8.86. The lowest BCUT2D eigenvalue weighted by Crippen LogP contribution is -2.35. The molecule has 1 aromatic rings. The molecule has 2 unspecified atom stereocenters. The largest absolute Gasteiger partial charge is 0.490 e. The molecular weight excluding hydrogens is 192 g/mol. The topological polar surface area (TPSA) is 46.5 Å². The summed E-state index contributed by atoms with van der Waals surface area (Å²) in [5.41, 5.74) is 2.13. The van der Waals surface area contributed by atoms with Crippen molar-refractivity contribution in [3.8, 4) is 5.75 Å². The van der Waals surface area contributed by atoms with Gasteiger partial charge in [-0.15, -0.1) is 0 Å². The average Bonchev–Trinajstić information content (AvgIpc) is 2.15. The second kappa shape index (κ2) is 3.57. The number of carboxylic acid groups (broad SMARTS) is 1.